The second-order valence-corrected chi connectivity index (χ2v) is 10.8. The number of carbonyl (C=O) groups excluding carboxylic acids is 1. The first-order valence-corrected chi connectivity index (χ1v) is 12.9. The molecule has 2 N–H and O–H groups in total. The molecule has 32 heavy (non-hydrogen) atoms. The topological polar surface area (TPSA) is 75.3 Å². The summed E-state index contributed by atoms with van der Waals surface area (Å²) in [6.45, 7) is 5.97. The average molecular weight is 489 g/mol. The molecule has 5 nitrogen and oxygen atoms in total. The molecule has 168 valence electrons. The van der Waals surface area contributed by atoms with E-state index in [9.17, 15) is 13.2 Å². The van der Waals surface area contributed by atoms with Crippen LogP contribution in [0.5, 0.6) is 0 Å². The monoisotopic (exact) mass is 488 g/mol. The molecule has 0 aliphatic rings. The number of sulfonamides is 1. The summed E-state index contributed by atoms with van der Waals surface area (Å²) in [5.74, 6) is 0.364. The Balaban J connectivity index is 1.67. The molecule has 3 aromatic carbocycles. The number of thioether (sulfide) groups is 1. The third kappa shape index (κ3) is 6.51. The van der Waals surface area contributed by atoms with Gasteiger partial charge in [-0.2, -0.15) is 0 Å². The highest BCUT2D eigenvalue weighted by molar-refractivity contribution is 7.99. The van der Waals surface area contributed by atoms with Crippen LogP contribution in [0.3, 0.4) is 0 Å². The van der Waals surface area contributed by atoms with E-state index in [0.29, 0.717) is 34.1 Å². The van der Waals surface area contributed by atoms with Crippen molar-refractivity contribution in [3.05, 3.63) is 87.9 Å². The molecular formula is C24H25ClN2O3S2. The normalized spacial score (nSPS) is 11.2. The highest BCUT2D eigenvalue weighted by atomic mass is 35.5. The molecule has 0 aromatic heterocycles. The van der Waals surface area contributed by atoms with Crippen LogP contribution in [0, 0.1) is 20.8 Å². The molecule has 0 spiro atoms. The van der Waals surface area contributed by atoms with E-state index >= 15 is 0 Å². The maximum absolute atomic E-state index is 13.0. The number of rotatable bonds is 8. The fraction of sp³-hybridized carbons (Fsp3) is 0.208. The lowest BCUT2D eigenvalue weighted by Gasteiger charge is -2.13. The molecule has 0 saturated heterocycles. The minimum Gasteiger partial charge on any atom is -0.351 e. The van der Waals surface area contributed by atoms with Gasteiger partial charge < -0.3 is 5.32 Å². The zero-order valence-corrected chi connectivity index (χ0v) is 20.5. The van der Waals surface area contributed by atoms with Gasteiger partial charge in [0.2, 0.25) is 0 Å². The summed E-state index contributed by atoms with van der Waals surface area (Å²) in [5.41, 5.74) is 3.29. The van der Waals surface area contributed by atoms with E-state index in [2.05, 4.69) is 10.0 Å². The predicted molar refractivity (Wildman–Crippen MR) is 132 cm³/mol. The number of halogens is 1. The molecule has 0 aliphatic carbocycles. The standard InChI is InChI=1S/C24H25ClN2O3S2/c1-16-12-17(2)14-21(13-16)27-32(29,30)23-15-19(5-4-18(23)3)24(28)26-10-11-31-22-8-6-20(25)7-9-22/h4-9,12-15,27H,10-11H2,1-3H3,(H,26,28). The number of hydrogen-bond donors (Lipinski definition) is 2. The Labute approximate surface area is 198 Å². The quantitative estimate of drug-likeness (QED) is 0.320. The first-order valence-electron chi connectivity index (χ1n) is 10.0. The molecule has 8 heteroatoms. The van der Waals surface area contributed by atoms with Gasteiger partial charge in [-0.05, 0) is 86.0 Å². The van der Waals surface area contributed by atoms with Crippen LogP contribution < -0.4 is 10.0 Å². The Morgan fingerprint density at radius 1 is 0.938 bits per heavy atom. The minimum atomic E-state index is -3.84. The van der Waals surface area contributed by atoms with Crippen LogP contribution in [0.2, 0.25) is 5.02 Å². The molecule has 0 atom stereocenters. The van der Waals surface area contributed by atoms with E-state index in [1.54, 1.807) is 43.0 Å². The van der Waals surface area contributed by atoms with Crippen molar-refractivity contribution in [2.75, 3.05) is 17.0 Å². The summed E-state index contributed by atoms with van der Waals surface area (Å²) < 4.78 is 28.6. The maximum atomic E-state index is 13.0. The van der Waals surface area contributed by atoms with Gasteiger partial charge in [0.15, 0.2) is 0 Å². The number of hydrogen-bond acceptors (Lipinski definition) is 4. The molecule has 0 aliphatic heterocycles. The van der Waals surface area contributed by atoms with Crippen LogP contribution in [0.25, 0.3) is 0 Å². The fourth-order valence-corrected chi connectivity index (χ4v) is 5.45. The Morgan fingerprint density at radius 2 is 1.59 bits per heavy atom. The molecule has 3 rings (SSSR count). The number of aryl methyl sites for hydroxylation is 3. The highest BCUT2D eigenvalue weighted by Crippen LogP contribution is 2.23. The van der Waals surface area contributed by atoms with E-state index in [4.69, 9.17) is 11.6 Å². The van der Waals surface area contributed by atoms with Crippen molar-refractivity contribution in [2.45, 2.75) is 30.6 Å². The number of carbonyl (C=O) groups is 1. The largest absolute Gasteiger partial charge is 0.351 e. The van der Waals surface area contributed by atoms with Crippen LogP contribution in [0.4, 0.5) is 5.69 Å². The van der Waals surface area contributed by atoms with Crippen LogP contribution in [0.1, 0.15) is 27.0 Å². The zero-order valence-electron chi connectivity index (χ0n) is 18.1. The van der Waals surface area contributed by atoms with Crippen LogP contribution in [-0.2, 0) is 10.0 Å². The third-order valence-electron chi connectivity index (χ3n) is 4.68. The number of nitrogens with one attached hydrogen (secondary N) is 2. The smallest absolute Gasteiger partial charge is 0.262 e. The maximum Gasteiger partial charge on any atom is 0.262 e. The first-order chi connectivity index (χ1) is 15.1. The van der Waals surface area contributed by atoms with Gasteiger partial charge in [-0.3, -0.25) is 9.52 Å². The van der Waals surface area contributed by atoms with Crippen molar-refractivity contribution < 1.29 is 13.2 Å². The molecule has 1 amide bonds. The fourth-order valence-electron chi connectivity index (χ4n) is 3.24. The van der Waals surface area contributed by atoms with Crippen molar-refractivity contribution in [1.82, 2.24) is 5.32 Å². The number of amides is 1. The average Bonchev–Trinajstić information content (AvgIpc) is 2.71. The van der Waals surface area contributed by atoms with Crippen molar-refractivity contribution in [3.8, 4) is 0 Å². The Bertz CT molecular complexity index is 1210. The van der Waals surface area contributed by atoms with Crippen LogP contribution in [0.15, 0.2) is 70.5 Å². The molecule has 0 bridgehead atoms. The Kier molecular flexibility index (Phi) is 7.87. The minimum absolute atomic E-state index is 0.0832. The van der Waals surface area contributed by atoms with E-state index in [1.807, 2.05) is 44.2 Å². The molecule has 0 unspecified atom stereocenters. The molecule has 0 radical (unpaired) electrons. The highest BCUT2D eigenvalue weighted by Gasteiger charge is 2.19. The molecule has 0 heterocycles. The lowest BCUT2D eigenvalue weighted by atomic mass is 10.1. The van der Waals surface area contributed by atoms with Crippen molar-refractivity contribution in [1.29, 1.82) is 0 Å². The zero-order chi connectivity index (χ0) is 23.3. The van der Waals surface area contributed by atoms with E-state index in [-0.39, 0.29) is 10.8 Å². The molecule has 0 fully saturated rings. The second-order valence-electron chi connectivity index (χ2n) is 7.52. The van der Waals surface area contributed by atoms with Crippen LogP contribution in [-0.4, -0.2) is 26.6 Å². The van der Waals surface area contributed by atoms with E-state index in [0.717, 1.165) is 16.0 Å². The Morgan fingerprint density at radius 3 is 2.25 bits per heavy atom. The van der Waals surface area contributed by atoms with Gasteiger partial charge in [0.1, 0.15) is 0 Å². The van der Waals surface area contributed by atoms with Crippen molar-refractivity contribution in [2.24, 2.45) is 0 Å². The number of anilines is 1. The lowest BCUT2D eigenvalue weighted by molar-refractivity contribution is 0.0956. The predicted octanol–water partition coefficient (Wildman–Crippen LogP) is 5.59. The number of benzene rings is 3. The summed E-state index contributed by atoms with van der Waals surface area (Å²) in [6.07, 6.45) is 0. The van der Waals surface area contributed by atoms with Gasteiger partial charge in [-0.1, -0.05) is 23.7 Å². The summed E-state index contributed by atoms with van der Waals surface area (Å²) in [5, 5.41) is 3.52. The summed E-state index contributed by atoms with van der Waals surface area (Å²) >= 11 is 7.48. The van der Waals surface area contributed by atoms with Crippen molar-refractivity contribution in [3.63, 3.8) is 0 Å². The molecule has 3 aromatic rings. The Hall–Kier alpha value is -2.48. The van der Waals surface area contributed by atoms with Gasteiger partial charge in [0.05, 0.1) is 4.90 Å². The van der Waals surface area contributed by atoms with Crippen molar-refractivity contribution >= 4 is 45.0 Å². The SMILES string of the molecule is Cc1cc(C)cc(NS(=O)(=O)c2cc(C(=O)NCCSc3ccc(Cl)cc3)ccc2C)c1. The first kappa shape index (κ1) is 24.2. The molecule has 0 saturated carbocycles. The molecular weight excluding hydrogens is 464 g/mol. The summed E-state index contributed by atoms with van der Waals surface area (Å²) in [7, 11) is -3.84. The lowest BCUT2D eigenvalue weighted by Crippen LogP contribution is -2.26. The van der Waals surface area contributed by atoms with Gasteiger partial charge in [0.25, 0.3) is 15.9 Å². The summed E-state index contributed by atoms with van der Waals surface area (Å²) in [6, 6.07) is 17.7. The summed E-state index contributed by atoms with van der Waals surface area (Å²) in [4.78, 5) is 13.7. The second kappa shape index (κ2) is 10.4. The van der Waals surface area contributed by atoms with Gasteiger partial charge >= 0.3 is 0 Å². The van der Waals surface area contributed by atoms with Gasteiger partial charge in [-0.25, -0.2) is 8.42 Å². The van der Waals surface area contributed by atoms with Crippen LogP contribution >= 0.6 is 23.4 Å². The van der Waals surface area contributed by atoms with E-state index in [1.165, 1.54) is 6.07 Å². The third-order valence-corrected chi connectivity index (χ3v) is 7.47. The van der Waals surface area contributed by atoms with Gasteiger partial charge in [-0.15, -0.1) is 11.8 Å². The van der Waals surface area contributed by atoms with Gasteiger partial charge in [0, 0.05) is 33.5 Å². The van der Waals surface area contributed by atoms with E-state index < -0.39 is 10.0 Å².